The zero-order valence-electron chi connectivity index (χ0n) is 10.8. The van der Waals surface area contributed by atoms with E-state index in [-0.39, 0.29) is 24.2 Å². The Morgan fingerprint density at radius 1 is 1.47 bits per heavy atom. The van der Waals surface area contributed by atoms with Gasteiger partial charge in [0.1, 0.15) is 18.3 Å². The van der Waals surface area contributed by atoms with Gasteiger partial charge in [-0.05, 0) is 12.0 Å². The summed E-state index contributed by atoms with van der Waals surface area (Å²) in [5.41, 5.74) is 0.894. The van der Waals surface area contributed by atoms with Crippen molar-refractivity contribution in [3.05, 3.63) is 29.8 Å². The van der Waals surface area contributed by atoms with Crippen LogP contribution in [0.1, 0.15) is 24.8 Å². The number of carboxylic acids is 1. The Balaban J connectivity index is 1.90. The topological polar surface area (TPSA) is 75.6 Å². The number of carboxylic acid groups (broad SMARTS) is 1. The minimum absolute atomic E-state index is 0.0536. The highest BCUT2D eigenvalue weighted by atomic mass is 16.5. The van der Waals surface area contributed by atoms with E-state index in [1.54, 1.807) is 6.92 Å². The molecule has 0 fully saturated rings. The quantitative estimate of drug-likeness (QED) is 0.841. The summed E-state index contributed by atoms with van der Waals surface area (Å²) in [7, 11) is 0. The summed E-state index contributed by atoms with van der Waals surface area (Å²) < 4.78 is 5.45. The van der Waals surface area contributed by atoms with Gasteiger partial charge in [0.05, 0.1) is 0 Å². The third kappa shape index (κ3) is 3.24. The van der Waals surface area contributed by atoms with Crippen molar-refractivity contribution in [3.8, 4) is 5.75 Å². The standard InChI is InChI=1S/C14H17NO4/c1-9(6-13(16)17)7-15-14(18)11-8-19-12-5-3-2-4-10(11)12/h2-5,9,11H,6-8H2,1H3,(H,15,18)(H,16,17)/t9-,11+/m0/s1. The van der Waals surface area contributed by atoms with E-state index in [0.29, 0.717) is 13.2 Å². The van der Waals surface area contributed by atoms with Gasteiger partial charge in [-0.2, -0.15) is 0 Å². The SMILES string of the molecule is C[C@H](CNC(=O)[C@@H]1COc2ccccc21)CC(=O)O. The molecular weight excluding hydrogens is 246 g/mol. The summed E-state index contributed by atoms with van der Waals surface area (Å²) in [6.45, 7) is 2.51. The van der Waals surface area contributed by atoms with E-state index in [1.807, 2.05) is 24.3 Å². The van der Waals surface area contributed by atoms with E-state index in [0.717, 1.165) is 11.3 Å². The first kappa shape index (κ1) is 13.4. The highest BCUT2D eigenvalue weighted by Crippen LogP contribution is 2.33. The maximum atomic E-state index is 12.1. The van der Waals surface area contributed by atoms with Crippen LogP contribution < -0.4 is 10.1 Å². The zero-order valence-corrected chi connectivity index (χ0v) is 10.8. The third-order valence-electron chi connectivity index (χ3n) is 3.16. The number of hydrogen-bond acceptors (Lipinski definition) is 3. The predicted molar refractivity (Wildman–Crippen MR) is 69.1 cm³/mol. The number of carbonyl (C=O) groups is 2. The second-order valence-corrected chi connectivity index (χ2v) is 4.85. The van der Waals surface area contributed by atoms with E-state index in [9.17, 15) is 9.59 Å². The fraction of sp³-hybridized carbons (Fsp3) is 0.429. The Morgan fingerprint density at radius 2 is 2.21 bits per heavy atom. The summed E-state index contributed by atoms with van der Waals surface area (Å²) in [5.74, 6) is -0.591. The largest absolute Gasteiger partial charge is 0.492 e. The monoisotopic (exact) mass is 263 g/mol. The Bertz CT molecular complexity index is 486. The maximum Gasteiger partial charge on any atom is 0.303 e. The molecule has 102 valence electrons. The Kier molecular flexibility index (Phi) is 4.04. The molecule has 0 unspecified atom stereocenters. The molecule has 5 heteroatoms. The lowest BCUT2D eigenvalue weighted by Gasteiger charge is -2.13. The molecule has 2 N–H and O–H groups in total. The maximum absolute atomic E-state index is 12.1. The molecule has 0 bridgehead atoms. The van der Waals surface area contributed by atoms with Gasteiger partial charge in [-0.3, -0.25) is 9.59 Å². The first-order valence-electron chi connectivity index (χ1n) is 6.29. The van der Waals surface area contributed by atoms with Crippen molar-refractivity contribution in [1.82, 2.24) is 5.32 Å². The number of benzene rings is 1. The molecule has 0 saturated heterocycles. The lowest BCUT2D eigenvalue weighted by molar-refractivity contribution is -0.138. The molecule has 1 amide bonds. The second kappa shape index (κ2) is 5.73. The van der Waals surface area contributed by atoms with Crippen molar-refractivity contribution in [1.29, 1.82) is 0 Å². The summed E-state index contributed by atoms with van der Waals surface area (Å²) >= 11 is 0. The highest BCUT2D eigenvalue weighted by Gasteiger charge is 2.29. The van der Waals surface area contributed by atoms with E-state index in [4.69, 9.17) is 9.84 Å². The fourth-order valence-corrected chi connectivity index (χ4v) is 2.15. The van der Waals surface area contributed by atoms with Gasteiger partial charge in [0.2, 0.25) is 5.91 Å². The molecular formula is C14H17NO4. The molecule has 0 spiro atoms. The first-order chi connectivity index (χ1) is 9.08. The molecule has 5 nitrogen and oxygen atoms in total. The number of nitrogens with one attached hydrogen (secondary N) is 1. The van der Waals surface area contributed by atoms with E-state index in [2.05, 4.69) is 5.32 Å². The van der Waals surface area contributed by atoms with Crippen LogP contribution in [0.3, 0.4) is 0 Å². The van der Waals surface area contributed by atoms with Gasteiger partial charge in [0, 0.05) is 18.5 Å². The van der Waals surface area contributed by atoms with Gasteiger partial charge in [-0.1, -0.05) is 25.1 Å². The lowest BCUT2D eigenvalue weighted by Crippen LogP contribution is -2.33. The normalized spacial score (nSPS) is 18.3. The van der Waals surface area contributed by atoms with E-state index < -0.39 is 5.97 Å². The number of amides is 1. The summed E-state index contributed by atoms with van der Waals surface area (Å²) in [5, 5.41) is 11.4. The van der Waals surface area contributed by atoms with Crippen LogP contribution in [0, 0.1) is 5.92 Å². The number of carbonyl (C=O) groups excluding carboxylic acids is 1. The molecule has 0 aromatic heterocycles. The number of rotatable bonds is 5. The van der Waals surface area contributed by atoms with Crippen molar-refractivity contribution in [2.75, 3.05) is 13.2 Å². The van der Waals surface area contributed by atoms with Crippen molar-refractivity contribution < 1.29 is 19.4 Å². The summed E-state index contributed by atoms with van der Waals surface area (Å²) in [6.07, 6.45) is 0.0536. The lowest BCUT2D eigenvalue weighted by atomic mass is 10.00. The van der Waals surface area contributed by atoms with Crippen molar-refractivity contribution in [2.45, 2.75) is 19.3 Å². The Labute approximate surface area is 111 Å². The Morgan fingerprint density at radius 3 is 2.95 bits per heavy atom. The van der Waals surface area contributed by atoms with Crippen LogP contribution in [0.15, 0.2) is 24.3 Å². The van der Waals surface area contributed by atoms with Gasteiger partial charge in [-0.25, -0.2) is 0 Å². The van der Waals surface area contributed by atoms with Gasteiger partial charge < -0.3 is 15.2 Å². The van der Waals surface area contributed by atoms with Gasteiger partial charge >= 0.3 is 5.97 Å². The molecule has 0 aliphatic carbocycles. The van der Waals surface area contributed by atoms with Gasteiger partial charge in [0.15, 0.2) is 0 Å². The fourth-order valence-electron chi connectivity index (χ4n) is 2.15. The average molecular weight is 263 g/mol. The molecule has 2 rings (SSSR count). The number of hydrogen-bond donors (Lipinski definition) is 2. The number of fused-ring (bicyclic) bond motifs is 1. The van der Waals surface area contributed by atoms with Crippen molar-refractivity contribution >= 4 is 11.9 Å². The zero-order chi connectivity index (χ0) is 13.8. The number of aliphatic carboxylic acids is 1. The van der Waals surface area contributed by atoms with Crippen LogP contribution >= 0.6 is 0 Å². The summed E-state index contributed by atoms with van der Waals surface area (Å²) in [6, 6.07) is 7.47. The Hall–Kier alpha value is -2.04. The second-order valence-electron chi connectivity index (χ2n) is 4.85. The smallest absolute Gasteiger partial charge is 0.303 e. The predicted octanol–water partition coefficient (Wildman–Crippen LogP) is 1.39. The van der Waals surface area contributed by atoms with Crippen LogP contribution in [-0.2, 0) is 9.59 Å². The third-order valence-corrected chi connectivity index (χ3v) is 3.16. The average Bonchev–Trinajstić information content (AvgIpc) is 2.79. The minimum Gasteiger partial charge on any atom is -0.492 e. The molecule has 1 aromatic carbocycles. The van der Waals surface area contributed by atoms with E-state index in [1.165, 1.54) is 0 Å². The highest BCUT2D eigenvalue weighted by molar-refractivity contribution is 5.85. The van der Waals surface area contributed by atoms with E-state index >= 15 is 0 Å². The van der Waals surface area contributed by atoms with Crippen molar-refractivity contribution in [2.24, 2.45) is 5.92 Å². The molecule has 1 heterocycles. The molecule has 0 radical (unpaired) electrons. The van der Waals surface area contributed by atoms with Crippen molar-refractivity contribution in [3.63, 3.8) is 0 Å². The molecule has 2 atom stereocenters. The molecule has 0 saturated carbocycles. The summed E-state index contributed by atoms with van der Waals surface area (Å²) in [4.78, 5) is 22.6. The minimum atomic E-state index is -0.851. The van der Waals surface area contributed by atoms with Gasteiger partial charge in [-0.15, -0.1) is 0 Å². The van der Waals surface area contributed by atoms with Gasteiger partial charge in [0.25, 0.3) is 0 Å². The van der Waals surface area contributed by atoms with Crippen LogP contribution in [0.4, 0.5) is 0 Å². The molecule has 1 aromatic rings. The van der Waals surface area contributed by atoms with Crippen LogP contribution in [0.2, 0.25) is 0 Å². The molecule has 1 aliphatic rings. The number of ether oxygens (including phenoxy) is 1. The van der Waals surface area contributed by atoms with Crippen LogP contribution in [-0.4, -0.2) is 30.1 Å². The van der Waals surface area contributed by atoms with Crippen LogP contribution in [0.25, 0.3) is 0 Å². The first-order valence-corrected chi connectivity index (χ1v) is 6.29. The number of para-hydroxylation sites is 1. The molecule has 1 aliphatic heterocycles. The molecule has 19 heavy (non-hydrogen) atoms. The van der Waals surface area contributed by atoms with Crippen LogP contribution in [0.5, 0.6) is 5.75 Å².